The van der Waals surface area contributed by atoms with E-state index in [2.05, 4.69) is 0 Å². The average Bonchev–Trinajstić information content (AvgIpc) is 3.38. The molecule has 0 spiro atoms. The Morgan fingerprint density at radius 2 is 1.92 bits per heavy atom. The van der Waals surface area contributed by atoms with Crippen LogP contribution in [-0.2, 0) is 20.9 Å². The lowest BCUT2D eigenvalue weighted by molar-refractivity contribution is -0.151. The van der Waals surface area contributed by atoms with Gasteiger partial charge in [0.15, 0.2) is 0 Å². The third kappa shape index (κ3) is 4.12. The third-order valence-electron chi connectivity index (χ3n) is 5.00. The summed E-state index contributed by atoms with van der Waals surface area (Å²) in [6.07, 6.45) is 2.24. The van der Waals surface area contributed by atoms with Crippen LogP contribution >= 0.6 is 0 Å². The molecule has 1 aliphatic heterocycles. The maximum atomic E-state index is 12.6. The predicted octanol–water partition coefficient (Wildman–Crippen LogP) is 2.31. The minimum absolute atomic E-state index is 0.214. The number of nitrogens with two attached hydrogens (primary N) is 1. The molecule has 1 aromatic carbocycles. The Balaban J connectivity index is 1.68. The van der Waals surface area contributed by atoms with E-state index in [-0.39, 0.29) is 36.5 Å². The molecule has 1 unspecified atom stereocenters. The first-order chi connectivity index (χ1) is 12.1. The second-order valence-electron chi connectivity index (χ2n) is 6.79. The lowest BCUT2D eigenvalue weighted by atomic mass is 9.90. The summed E-state index contributed by atoms with van der Waals surface area (Å²) in [5, 5.41) is 0. The van der Waals surface area contributed by atoms with Crippen LogP contribution in [-0.4, -0.2) is 42.2 Å². The van der Waals surface area contributed by atoms with Crippen molar-refractivity contribution in [2.24, 2.45) is 17.6 Å². The summed E-state index contributed by atoms with van der Waals surface area (Å²) < 4.78 is 10.7. The van der Waals surface area contributed by atoms with Crippen molar-refractivity contribution >= 4 is 12.1 Å². The maximum absolute atomic E-state index is 12.6. The summed E-state index contributed by atoms with van der Waals surface area (Å²) in [5.74, 6) is -0.326. The number of hydrogen-bond donors (Lipinski definition) is 1. The Hall–Kier alpha value is -2.08. The lowest BCUT2D eigenvalue weighted by Gasteiger charge is -2.32. The van der Waals surface area contributed by atoms with E-state index in [1.54, 1.807) is 11.8 Å². The first-order valence-electron chi connectivity index (χ1n) is 9.01. The van der Waals surface area contributed by atoms with Crippen molar-refractivity contribution in [1.29, 1.82) is 0 Å². The number of nitrogens with zero attached hydrogens (tertiary/aromatic N) is 1. The van der Waals surface area contributed by atoms with Crippen molar-refractivity contribution < 1.29 is 19.1 Å². The number of likely N-dealkylation sites (tertiary alicyclic amines) is 1. The minimum Gasteiger partial charge on any atom is -0.466 e. The number of carbonyl (C=O) groups is 2. The third-order valence-corrected chi connectivity index (χ3v) is 5.00. The summed E-state index contributed by atoms with van der Waals surface area (Å²) in [5.41, 5.74) is 7.19. The summed E-state index contributed by atoms with van der Waals surface area (Å²) in [4.78, 5) is 26.7. The van der Waals surface area contributed by atoms with E-state index in [1.165, 1.54) is 0 Å². The van der Waals surface area contributed by atoms with Gasteiger partial charge in [0.2, 0.25) is 0 Å². The molecule has 6 heteroatoms. The zero-order valence-corrected chi connectivity index (χ0v) is 14.6. The highest BCUT2D eigenvalue weighted by atomic mass is 16.6. The summed E-state index contributed by atoms with van der Waals surface area (Å²) in [7, 11) is 0. The van der Waals surface area contributed by atoms with Gasteiger partial charge < -0.3 is 20.1 Å². The molecule has 1 amide bonds. The number of rotatable bonds is 6. The molecule has 0 radical (unpaired) electrons. The minimum atomic E-state index is -0.406. The van der Waals surface area contributed by atoms with E-state index < -0.39 is 6.09 Å². The van der Waals surface area contributed by atoms with Gasteiger partial charge in [-0.2, -0.15) is 0 Å². The molecule has 2 fully saturated rings. The molecule has 2 aliphatic rings. The second-order valence-corrected chi connectivity index (χ2v) is 6.79. The van der Waals surface area contributed by atoms with E-state index in [1.807, 2.05) is 30.3 Å². The topological polar surface area (TPSA) is 81.9 Å². The van der Waals surface area contributed by atoms with Gasteiger partial charge in [0.05, 0.1) is 18.6 Å². The Morgan fingerprint density at radius 3 is 2.56 bits per heavy atom. The van der Waals surface area contributed by atoms with Crippen LogP contribution < -0.4 is 5.73 Å². The normalized spacial score (nSPS) is 24.0. The molecular formula is C19H26N2O4. The van der Waals surface area contributed by atoms with Gasteiger partial charge >= 0.3 is 12.1 Å². The van der Waals surface area contributed by atoms with Gasteiger partial charge in [-0.1, -0.05) is 30.3 Å². The molecule has 6 nitrogen and oxygen atoms in total. The van der Waals surface area contributed by atoms with Crippen LogP contribution in [0, 0.1) is 11.8 Å². The van der Waals surface area contributed by atoms with E-state index >= 15 is 0 Å². The second kappa shape index (κ2) is 7.87. The zero-order valence-electron chi connectivity index (χ0n) is 14.6. The number of ether oxygens (including phenoxy) is 2. The fourth-order valence-electron chi connectivity index (χ4n) is 3.62. The van der Waals surface area contributed by atoms with E-state index in [9.17, 15) is 9.59 Å². The molecule has 136 valence electrons. The molecule has 0 bridgehead atoms. The monoisotopic (exact) mass is 346 g/mol. The number of amides is 1. The fourth-order valence-corrected chi connectivity index (χ4v) is 3.62. The average molecular weight is 346 g/mol. The Kier molecular flexibility index (Phi) is 5.58. The highest BCUT2D eigenvalue weighted by Gasteiger charge is 2.50. The van der Waals surface area contributed by atoms with Gasteiger partial charge in [-0.3, -0.25) is 4.79 Å². The molecule has 3 atom stereocenters. The molecule has 1 aromatic rings. The molecule has 25 heavy (non-hydrogen) atoms. The first-order valence-corrected chi connectivity index (χ1v) is 9.01. The molecular weight excluding hydrogens is 320 g/mol. The van der Waals surface area contributed by atoms with Crippen LogP contribution in [0.25, 0.3) is 0 Å². The summed E-state index contributed by atoms with van der Waals surface area (Å²) in [6.45, 7) is 2.86. The van der Waals surface area contributed by atoms with Gasteiger partial charge in [0.25, 0.3) is 0 Å². The molecule has 1 heterocycles. The highest BCUT2D eigenvalue weighted by Crippen LogP contribution is 2.43. The first kappa shape index (κ1) is 17.7. The van der Waals surface area contributed by atoms with Crippen LogP contribution in [0.3, 0.4) is 0 Å². The van der Waals surface area contributed by atoms with Crippen LogP contribution in [0.1, 0.15) is 31.7 Å². The maximum Gasteiger partial charge on any atom is 0.410 e. The molecule has 1 saturated carbocycles. The van der Waals surface area contributed by atoms with E-state index in [4.69, 9.17) is 15.2 Å². The molecule has 1 aliphatic carbocycles. The Bertz CT molecular complexity index is 603. The number of hydrogen-bond acceptors (Lipinski definition) is 5. The fraction of sp³-hybridized carbons (Fsp3) is 0.579. The van der Waals surface area contributed by atoms with Crippen molar-refractivity contribution in [1.82, 2.24) is 4.90 Å². The van der Waals surface area contributed by atoms with Gasteiger partial charge in [-0.25, -0.2) is 4.79 Å². The van der Waals surface area contributed by atoms with Crippen LogP contribution in [0.4, 0.5) is 4.79 Å². The van der Waals surface area contributed by atoms with Crippen LogP contribution in [0.2, 0.25) is 0 Å². The lowest BCUT2D eigenvalue weighted by Crippen LogP contribution is -2.51. The van der Waals surface area contributed by atoms with Gasteiger partial charge in [-0.15, -0.1) is 0 Å². The zero-order chi connectivity index (χ0) is 17.8. The Morgan fingerprint density at radius 1 is 1.20 bits per heavy atom. The van der Waals surface area contributed by atoms with Crippen molar-refractivity contribution in [3.63, 3.8) is 0 Å². The van der Waals surface area contributed by atoms with Crippen molar-refractivity contribution in [2.75, 3.05) is 13.2 Å². The smallest absolute Gasteiger partial charge is 0.410 e. The number of esters is 1. The van der Waals surface area contributed by atoms with Gasteiger partial charge in [0.1, 0.15) is 6.61 Å². The standard InChI is InChI=1S/C19H26N2O4/c1-2-24-18(22)16(14-8-9-14)17-15(20)10-11-21(17)19(23)25-12-13-6-4-3-5-7-13/h3-7,14-17H,2,8-12,20H2,1H3/t15-,16?,17-/m0/s1. The summed E-state index contributed by atoms with van der Waals surface area (Å²) in [6, 6.07) is 8.98. The quantitative estimate of drug-likeness (QED) is 0.800. The Labute approximate surface area is 148 Å². The molecule has 0 aromatic heterocycles. The largest absolute Gasteiger partial charge is 0.466 e. The number of carbonyl (C=O) groups excluding carboxylic acids is 2. The molecule has 3 rings (SSSR count). The predicted molar refractivity (Wildman–Crippen MR) is 92.6 cm³/mol. The van der Waals surface area contributed by atoms with Gasteiger partial charge in [-0.05, 0) is 37.7 Å². The SMILES string of the molecule is CCOC(=O)C(C1CC1)[C@@H]1[C@@H](N)CCN1C(=O)OCc1ccccc1. The summed E-state index contributed by atoms with van der Waals surface area (Å²) >= 11 is 0. The van der Waals surface area contributed by atoms with Crippen molar-refractivity contribution in [2.45, 2.75) is 44.9 Å². The molecule has 1 saturated heterocycles. The van der Waals surface area contributed by atoms with Crippen LogP contribution in [0.15, 0.2) is 30.3 Å². The van der Waals surface area contributed by atoms with Crippen molar-refractivity contribution in [3.8, 4) is 0 Å². The van der Waals surface area contributed by atoms with Crippen LogP contribution in [0.5, 0.6) is 0 Å². The van der Waals surface area contributed by atoms with E-state index in [0.717, 1.165) is 18.4 Å². The highest BCUT2D eigenvalue weighted by molar-refractivity contribution is 5.76. The number of benzene rings is 1. The van der Waals surface area contributed by atoms with Gasteiger partial charge in [0, 0.05) is 12.6 Å². The van der Waals surface area contributed by atoms with E-state index in [0.29, 0.717) is 19.6 Å². The van der Waals surface area contributed by atoms with Crippen molar-refractivity contribution in [3.05, 3.63) is 35.9 Å². The molecule has 2 N–H and O–H groups in total.